The van der Waals surface area contributed by atoms with E-state index in [9.17, 15) is 14.4 Å². The molecule has 7 nitrogen and oxygen atoms in total. The van der Waals surface area contributed by atoms with Crippen LogP contribution in [-0.4, -0.2) is 68.8 Å². The second kappa shape index (κ2) is 8.14. The highest BCUT2D eigenvalue weighted by Gasteiger charge is 2.12. The van der Waals surface area contributed by atoms with E-state index in [2.05, 4.69) is 10.6 Å². The Labute approximate surface area is 130 Å². The molecule has 22 heavy (non-hydrogen) atoms. The number of amides is 3. The fourth-order valence-electron chi connectivity index (χ4n) is 1.76. The predicted molar refractivity (Wildman–Crippen MR) is 84.7 cm³/mol. The van der Waals surface area contributed by atoms with E-state index in [0.717, 1.165) is 0 Å². The molecular weight excluding hydrogens is 284 g/mol. The van der Waals surface area contributed by atoms with Gasteiger partial charge in [0.05, 0.1) is 13.1 Å². The number of anilines is 1. The molecule has 0 aliphatic rings. The van der Waals surface area contributed by atoms with Crippen molar-refractivity contribution in [2.75, 3.05) is 46.6 Å². The van der Waals surface area contributed by atoms with Gasteiger partial charge in [0.1, 0.15) is 0 Å². The van der Waals surface area contributed by atoms with Crippen molar-refractivity contribution in [3.8, 4) is 0 Å². The Bertz CT molecular complexity index is 557. The highest BCUT2D eigenvalue weighted by atomic mass is 16.2. The van der Waals surface area contributed by atoms with Crippen LogP contribution in [0.2, 0.25) is 0 Å². The molecule has 0 saturated carbocycles. The first-order chi connectivity index (χ1) is 10.3. The molecule has 0 spiro atoms. The SMILES string of the molecule is CNC(=O)c1cccc(NC(=O)CN(C)CC(=O)N(C)C)c1. The van der Waals surface area contributed by atoms with Crippen LogP contribution >= 0.6 is 0 Å². The first-order valence-electron chi connectivity index (χ1n) is 6.84. The van der Waals surface area contributed by atoms with E-state index in [4.69, 9.17) is 0 Å². The van der Waals surface area contributed by atoms with Gasteiger partial charge >= 0.3 is 0 Å². The van der Waals surface area contributed by atoms with Gasteiger partial charge in [-0.1, -0.05) is 6.07 Å². The van der Waals surface area contributed by atoms with E-state index < -0.39 is 0 Å². The summed E-state index contributed by atoms with van der Waals surface area (Å²) in [5, 5.41) is 5.23. The van der Waals surface area contributed by atoms with Crippen LogP contribution in [0, 0.1) is 0 Å². The largest absolute Gasteiger partial charge is 0.355 e. The van der Waals surface area contributed by atoms with Gasteiger partial charge in [0, 0.05) is 32.4 Å². The van der Waals surface area contributed by atoms with Gasteiger partial charge < -0.3 is 15.5 Å². The molecule has 0 radical (unpaired) electrons. The topological polar surface area (TPSA) is 81.8 Å². The van der Waals surface area contributed by atoms with Crippen molar-refractivity contribution >= 4 is 23.4 Å². The van der Waals surface area contributed by atoms with Crippen LogP contribution in [-0.2, 0) is 9.59 Å². The van der Waals surface area contributed by atoms with Crippen LogP contribution < -0.4 is 10.6 Å². The Balaban J connectivity index is 2.58. The highest BCUT2D eigenvalue weighted by Crippen LogP contribution is 2.10. The predicted octanol–water partition coefficient (Wildman–Crippen LogP) is 0.00470. The van der Waals surface area contributed by atoms with Crippen LogP contribution in [0.1, 0.15) is 10.4 Å². The summed E-state index contributed by atoms with van der Waals surface area (Å²) in [6.07, 6.45) is 0. The summed E-state index contributed by atoms with van der Waals surface area (Å²) in [4.78, 5) is 38.1. The van der Waals surface area contributed by atoms with Crippen molar-refractivity contribution < 1.29 is 14.4 Å². The van der Waals surface area contributed by atoms with Gasteiger partial charge in [-0.05, 0) is 25.2 Å². The smallest absolute Gasteiger partial charge is 0.251 e. The van der Waals surface area contributed by atoms with Crippen molar-refractivity contribution in [2.24, 2.45) is 0 Å². The molecule has 2 N–H and O–H groups in total. The van der Waals surface area contributed by atoms with Crippen LogP contribution in [0.25, 0.3) is 0 Å². The summed E-state index contributed by atoms with van der Waals surface area (Å²) in [5.41, 5.74) is 1.01. The maximum atomic E-state index is 11.9. The summed E-state index contributed by atoms with van der Waals surface area (Å²) in [6, 6.07) is 6.66. The third-order valence-electron chi connectivity index (χ3n) is 2.95. The fourth-order valence-corrected chi connectivity index (χ4v) is 1.76. The molecule has 0 saturated heterocycles. The Hall–Kier alpha value is -2.41. The molecule has 0 aromatic heterocycles. The van der Waals surface area contributed by atoms with Crippen LogP contribution in [0.15, 0.2) is 24.3 Å². The normalized spacial score (nSPS) is 10.2. The molecular formula is C15H22N4O3. The Morgan fingerprint density at radius 3 is 2.36 bits per heavy atom. The van der Waals surface area contributed by atoms with E-state index in [0.29, 0.717) is 11.3 Å². The van der Waals surface area contributed by atoms with Gasteiger partial charge in [-0.15, -0.1) is 0 Å². The average Bonchev–Trinajstić information content (AvgIpc) is 2.46. The van der Waals surface area contributed by atoms with Crippen LogP contribution in [0.5, 0.6) is 0 Å². The molecule has 0 bridgehead atoms. The minimum absolute atomic E-state index is 0.0723. The van der Waals surface area contributed by atoms with Gasteiger partial charge in [-0.25, -0.2) is 0 Å². The first kappa shape index (κ1) is 17.6. The lowest BCUT2D eigenvalue weighted by atomic mass is 10.2. The molecule has 1 aromatic carbocycles. The quantitative estimate of drug-likeness (QED) is 0.775. The summed E-state index contributed by atoms with van der Waals surface area (Å²) in [7, 11) is 6.58. The molecule has 7 heteroatoms. The number of likely N-dealkylation sites (N-methyl/N-ethyl adjacent to an activating group) is 2. The lowest BCUT2D eigenvalue weighted by Gasteiger charge is -2.18. The standard InChI is InChI=1S/C15H22N4O3/c1-16-15(22)11-6-5-7-12(8-11)17-13(20)9-19(4)10-14(21)18(2)3/h5-8H,9-10H2,1-4H3,(H,16,22)(H,17,20). The van der Waals surface area contributed by atoms with Crippen molar-refractivity contribution in [2.45, 2.75) is 0 Å². The minimum Gasteiger partial charge on any atom is -0.355 e. The number of nitrogens with zero attached hydrogens (tertiary/aromatic N) is 2. The monoisotopic (exact) mass is 306 g/mol. The highest BCUT2D eigenvalue weighted by molar-refractivity contribution is 5.97. The lowest BCUT2D eigenvalue weighted by Crippen LogP contribution is -2.38. The van der Waals surface area contributed by atoms with E-state index in [1.54, 1.807) is 57.4 Å². The van der Waals surface area contributed by atoms with Gasteiger partial charge in [0.25, 0.3) is 5.91 Å². The zero-order valence-electron chi connectivity index (χ0n) is 13.3. The number of hydrogen-bond donors (Lipinski definition) is 2. The molecule has 0 fully saturated rings. The number of benzene rings is 1. The zero-order chi connectivity index (χ0) is 16.7. The van der Waals surface area contributed by atoms with Crippen LogP contribution in [0.4, 0.5) is 5.69 Å². The molecule has 120 valence electrons. The fraction of sp³-hybridized carbons (Fsp3) is 0.400. The van der Waals surface area contributed by atoms with E-state index in [-0.39, 0.29) is 30.8 Å². The third-order valence-corrected chi connectivity index (χ3v) is 2.95. The molecule has 3 amide bonds. The van der Waals surface area contributed by atoms with Crippen LogP contribution in [0.3, 0.4) is 0 Å². The number of nitrogens with one attached hydrogen (secondary N) is 2. The zero-order valence-corrected chi connectivity index (χ0v) is 13.3. The molecule has 0 heterocycles. The number of carbonyl (C=O) groups excluding carboxylic acids is 3. The molecule has 1 aromatic rings. The summed E-state index contributed by atoms with van der Waals surface area (Å²) >= 11 is 0. The Kier molecular flexibility index (Phi) is 6.52. The number of hydrogen-bond acceptors (Lipinski definition) is 4. The maximum absolute atomic E-state index is 11.9. The van der Waals surface area contributed by atoms with Crippen molar-refractivity contribution in [3.05, 3.63) is 29.8 Å². The second-order valence-electron chi connectivity index (χ2n) is 5.17. The van der Waals surface area contributed by atoms with Crippen molar-refractivity contribution in [3.63, 3.8) is 0 Å². The molecule has 0 aliphatic carbocycles. The first-order valence-corrected chi connectivity index (χ1v) is 6.84. The Morgan fingerprint density at radius 2 is 1.77 bits per heavy atom. The summed E-state index contributed by atoms with van der Waals surface area (Å²) in [5.74, 6) is -0.537. The van der Waals surface area contributed by atoms with Gasteiger partial charge in [-0.3, -0.25) is 19.3 Å². The summed E-state index contributed by atoms with van der Waals surface area (Å²) in [6.45, 7) is 0.252. The maximum Gasteiger partial charge on any atom is 0.251 e. The van der Waals surface area contributed by atoms with E-state index in [1.165, 1.54) is 4.90 Å². The molecule has 0 aliphatic heterocycles. The molecule has 0 atom stereocenters. The van der Waals surface area contributed by atoms with Gasteiger partial charge in [0.2, 0.25) is 11.8 Å². The summed E-state index contributed by atoms with van der Waals surface area (Å²) < 4.78 is 0. The number of carbonyl (C=O) groups is 3. The van der Waals surface area contributed by atoms with E-state index >= 15 is 0 Å². The van der Waals surface area contributed by atoms with E-state index in [1.807, 2.05) is 0 Å². The minimum atomic E-state index is -0.247. The Morgan fingerprint density at radius 1 is 1.09 bits per heavy atom. The molecule has 0 unspecified atom stereocenters. The third kappa shape index (κ3) is 5.53. The van der Waals surface area contributed by atoms with Crippen molar-refractivity contribution in [1.82, 2.24) is 15.1 Å². The lowest BCUT2D eigenvalue weighted by molar-refractivity contribution is -0.130. The van der Waals surface area contributed by atoms with Crippen molar-refractivity contribution in [1.29, 1.82) is 0 Å². The second-order valence-corrected chi connectivity index (χ2v) is 5.17. The van der Waals surface area contributed by atoms with Gasteiger partial charge in [0.15, 0.2) is 0 Å². The molecule has 1 rings (SSSR count). The number of rotatable bonds is 6. The average molecular weight is 306 g/mol. The van der Waals surface area contributed by atoms with Gasteiger partial charge in [-0.2, -0.15) is 0 Å².